The largest absolute Gasteiger partial charge is 0.466 e. The number of hydrogen-bond acceptors (Lipinski definition) is 3. The average Bonchev–Trinajstić information content (AvgIpc) is 3.24. The molecule has 0 fully saturated rings. The predicted molar refractivity (Wildman–Crippen MR) is 132 cm³/mol. The monoisotopic (exact) mass is 461 g/mol. The van der Waals surface area contributed by atoms with Gasteiger partial charge in [-0.25, -0.2) is 4.21 Å². The topological polar surface area (TPSA) is 90.8 Å². The SMILES string of the molecule is Cc1ccc(CCC(=O)Cc2ccc(NS(=O)c3ccccc3-c3ccccc3)cc2)o1.O. The first-order valence-corrected chi connectivity index (χ1v) is 11.7. The van der Waals surface area contributed by atoms with Gasteiger partial charge in [0, 0.05) is 24.9 Å². The fourth-order valence-corrected chi connectivity index (χ4v) is 4.58. The lowest BCUT2D eigenvalue weighted by Gasteiger charge is -2.11. The number of nitrogens with one attached hydrogen (secondary N) is 1. The number of rotatable bonds is 9. The van der Waals surface area contributed by atoms with Gasteiger partial charge in [0.15, 0.2) is 11.0 Å². The van der Waals surface area contributed by atoms with Gasteiger partial charge in [0.2, 0.25) is 0 Å². The van der Waals surface area contributed by atoms with Gasteiger partial charge in [-0.15, -0.1) is 0 Å². The van der Waals surface area contributed by atoms with Crippen LogP contribution >= 0.6 is 0 Å². The van der Waals surface area contributed by atoms with Crippen molar-refractivity contribution in [2.75, 3.05) is 4.72 Å². The number of anilines is 1. The van der Waals surface area contributed by atoms with E-state index in [0.717, 1.165) is 38.8 Å². The van der Waals surface area contributed by atoms with Crippen LogP contribution in [0.5, 0.6) is 0 Å². The van der Waals surface area contributed by atoms with Crippen molar-refractivity contribution in [3.63, 3.8) is 0 Å². The molecule has 0 radical (unpaired) electrons. The van der Waals surface area contributed by atoms with Gasteiger partial charge in [-0.3, -0.25) is 4.79 Å². The second kappa shape index (κ2) is 11.4. The lowest BCUT2D eigenvalue weighted by molar-refractivity contribution is -0.118. The molecule has 0 spiro atoms. The van der Waals surface area contributed by atoms with Crippen LogP contribution in [0.4, 0.5) is 5.69 Å². The van der Waals surface area contributed by atoms with Crippen molar-refractivity contribution in [2.24, 2.45) is 0 Å². The second-order valence-electron chi connectivity index (χ2n) is 7.66. The van der Waals surface area contributed by atoms with Crippen molar-refractivity contribution in [2.45, 2.75) is 31.1 Å². The Hall–Kier alpha value is -3.48. The number of benzene rings is 3. The van der Waals surface area contributed by atoms with E-state index in [4.69, 9.17) is 4.42 Å². The highest BCUT2D eigenvalue weighted by Gasteiger charge is 2.12. The van der Waals surface area contributed by atoms with E-state index in [2.05, 4.69) is 4.72 Å². The Morgan fingerprint density at radius 1 is 0.879 bits per heavy atom. The van der Waals surface area contributed by atoms with Gasteiger partial charge >= 0.3 is 0 Å². The highest BCUT2D eigenvalue weighted by Crippen LogP contribution is 2.26. The van der Waals surface area contributed by atoms with Crippen LogP contribution in [0.15, 0.2) is 100 Å². The molecule has 1 atom stereocenters. The summed E-state index contributed by atoms with van der Waals surface area (Å²) in [6.07, 6.45) is 1.44. The molecule has 0 amide bonds. The lowest BCUT2D eigenvalue weighted by Crippen LogP contribution is -2.07. The zero-order valence-corrected chi connectivity index (χ0v) is 19.2. The third kappa shape index (κ3) is 6.51. The number of furan rings is 1. The van der Waals surface area contributed by atoms with Crippen LogP contribution in [0.3, 0.4) is 0 Å². The van der Waals surface area contributed by atoms with Crippen LogP contribution in [0, 0.1) is 6.92 Å². The Labute approximate surface area is 196 Å². The summed E-state index contributed by atoms with van der Waals surface area (Å²) < 4.78 is 21.6. The molecule has 3 aromatic carbocycles. The third-order valence-corrected chi connectivity index (χ3v) is 6.36. The van der Waals surface area contributed by atoms with Crippen molar-refractivity contribution in [1.29, 1.82) is 0 Å². The highest BCUT2D eigenvalue weighted by molar-refractivity contribution is 7.86. The maximum atomic E-state index is 13.0. The van der Waals surface area contributed by atoms with E-state index in [1.807, 2.05) is 97.9 Å². The van der Waals surface area contributed by atoms with Gasteiger partial charge in [-0.2, -0.15) is 0 Å². The molecule has 4 rings (SSSR count). The van der Waals surface area contributed by atoms with Crippen LogP contribution in [-0.2, 0) is 28.6 Å². The minimum Gasteiger partial charge on any atom is -0.466 e. The Kier molecular flexibility index (Phi) is 8.35. The number of carbonyl (C=O) groups excluding carboxylic acids is 1. The maximum absolute atomic E-state index is 13.0. The van der Waals surface area contributed by atoms with Crippen molar-refractivity contribution < 1.29 is 18.9 Å². The number of carbonyl (C=O) groups is 1. The molecule has 0 aliphatic heterocycles. The van der Waals surface area contributed by atoms with Crippen molar-refractivity contribution >= 4 is 22.5 Å². The Morgan fingerprint density at radius 2 is 1.58 bits per heavy atom. The van der Waals surface area contributed by atoms with Gasteiger partial charge in [-0.1, -0.05) is 60.7 Å². The minimum atomic E-state index is -1.41. The lowest BCUT2D eigenvalue weighted by atomic mass is 10.0. The Balaban J connectivity index is 0.00000306. The summed E-state index contributed by atoms with van der Waals surface area (Å²) in [5, 5.41) is 0. The van der Waals surface area contributed by atoms with E-state index < -0.39 is 11.0 Å². The fourth-order valence-electron chi connectivity index (χ4n) is 3.54. The Bertz CT molecular complexity index is 1220. The normalized spacial score (nSPS) is 11.4. The first-order chi connectivity index (χ1) is 15.6. The number of Topliss-reactive ketones (excluding diaryl/α,β-unsaturated/α-hetero) is 1. The van der Waals surface area contributed by atoms with Gasteiger partial charge < -0.3 is 14.6 Å². The van der Waals surface area contributed by atoms with E-state index in [0.29, 0.717) is 19.3 Å². The van der Waals surface area contributed by atoms with Crippen LogP contribution in [0.25, 0.3) is 11.1 Å². The van der Waals surface area contributed by atoms with Gasteiger partial charge in [0.05, 0.1) is 4.90 Å². The summed E-state index contributed by atoms with van der Waals surface area (Å²) in [5.41, 5.74) is 3.64. The molecule has 6 heteroatoms. The second-order valence-corrected chi connectivity index (χ2v) is 8.84. The summed E-state index contributed by atoms with van der Waals surface area (Å²) in [4.78, 5) is 13.0. The summed E-state index contributed by atoms with van der Waals surface area (Å²) in [6, 6.07) is 29.0. The zero-order valence-electron chi connectivity index (χ0n) is 18.4. The third-order valence-electron chi connectivity index (χ3n) is 5.18. The highest BCUT2D eigenvalue weighted by atomic mass is 32.2. The molecule has 0 aliphatic rings. The molecular formula is C27H27NO4S. The van der Waals surface area contributed by atoms with E-state index in [9.17, 15) is 9.00 Å². The molecule has 33 heavy (non-hydrogen) atoms. The first kappa shape index (κ1) is 24.2. The van der Waals surface area contributed by atoms with Crippen LogP contribution in [0.1, 0.15) is 23.5 Å². The van der Waals surface area contributed by atoms with Gasteiger partial charge in [0.1, 0.15) is 17.3 Å². The van der Waals surface area contributed by atoms with Crippen LogP contribution in [-0.4, -0.2) is 15.5 Å². The molecular weight excluding hydrogens is 434 g/mol. The molecule has 1 unspecified atom stereocenters. The van der Waals surface area contributed by atoms with E-state index in [-0.39, 0.29) is 11.3 Å². The maximum Gasteiger partial charge on any atom is 0.150 e. The van der Waals surface area contributed by atoms with E-state index in [1.54, 1.807) is 0 Å². The Morgan fingerprint density at radius 3 is 2.27 bits per heavy atom. The summed E-state index contributed by atoms with van der Waals surface area (Å²) in [5.74, 6) is 1.87. The summed E-state index contributed by atoms with van der Waals surface area (Å²) in [6.45, 7) is 1.90. The van der Waals surface area contributed by atoms with E-state index in [1.165, 1.54) is 0 Å². The molecule has 170 valence electrons. The zero-order chi connectivity index (χ0) is 22.3. The summed E-state index contributed by atoms with van der Waals surface area (Å²) >= 11 is 0. The molecule has 0 saturated carbocycles. The molecule has 0 aliphatic carbocycles. The quantitative estimate of drug-likeness (QED) is 0.366. The molecule has 1 heterocycles. The van der Waals surface area contributed by atoms with Gasteiger partial charge in [-0.05, 0) is 53.9 Å². The molecule has 0 saturated heterocycles. The van der Waals surface area contributed by atoms with Crippen molar-refractivity contribution in [3.8, 4) is 11.1 Å². The first-order valence-electron chi connectivity index (χ1n) is 10.6. The van der Waals surface area contributed by atoms with Crippen LogP contribution in [0.2, 0.25) is 0 Å². The van der Waals surface area contributed by atoms with E-state index >= 15 is 0 Å². The molecule has 0 bridgehead atoms. The molecule has 4 aromatic rings. The van der Waals surface area contributed by atoms with Gasteiger partial charge in [0.25, 0.3) is 0 Å². The standard InChI is InChI=1S/C27H25NO3S.H2O/c1-20-11-17-25(31-20)18-16-24(29)19-21-12-14-23(15-13-21)28-32(30)27-10-6-5-9-26(27)22-7-3-2-4-8-22;/h2-15,17,28H,16,18-19H2,1H3;1H2. The molecule has 3 N–H and O–H groups in total. The molecule has 5 nitrogen and oxygen atoms in total. The number of ketones is 1. The fraction of sp³-hybridized carbons (Fsp3) is 0.148. The van der Waals surface area contributed by atoms with Crippen molar-refractivity contribution in [3.05, 3.63) is 108 Å². The minimum absolute atomic E-state index is 0. The smallest absolute Gasteiger partial charge is 0.150 e. The summed E-state index contributed by atoms with van der Waals surface area (Å²) in [7, 11) is -1.41. The number of hydrogen-bond donors (Lipinski definition) is 1. The predicted octanol–water partition coefficient (Wildman–Crippen LogP) is 5.31. The van der Waals surface area contributed by atoms with Crippen molar-refractivity contribution in [1.82, 2.24) is 0 Å². The average molecular weight is 462 g/mol. The van der Waals surface area contributed by atoms with Crippen LogP contribution < -0.4 is 4.72 Å². The number of aryl methyl sites for hydroxylation is 2. The molecule has 1 aromatic heterocycles.